The zero-order valence-electron chi connectivity index (χ0n) is 15.3. The van der Waals surface area contributed by atoms with Gasteiger partial charge in [-0.1, -0.05) is 40.9 Å². The number of aliphatic hydroxyl groups is 1. The Labute approximate surface area is 187 Å². The zero-order chi connectivity index (χ0) is 21.4. The largest absolute Gasteiger partial charge is 0.507 e. The molecule has 1 N–H and O–H groups in total. The monoisotopic (exact) mass is 461 g/mol. The van der Waals surface area contributed by atoms with Crippen molar-refractivity contribution in [1.29, 1.82) is 0 Å². The van der Waals surface area contributed by atoms with Crippen molar-refractivity contribution in [2.24, 2.45) is 0 Å². The van der Waals surface area contributed by atoms with Crippen LogP contribution >= 0.6 is 34.8 Å². The van der Waals surface area contributed by atoms with Crippen LogP contribution in [-0.4, -0.2) is 21.7 Å². The van der Waals surface area contributed by atoms with Gasteiger partial charge in [-0.15, -0.1) is 0 Å². The van der Waals surface area contributed by atoms with Crippen LogP contribution in [0.3, 0.4) is 0 Å². The van der Waals surface area contributed by atoms with E-state index in [0.29, 0.717) is 26.9 Å². The highest BCUT2D eigenvalue weighted by molar-refractivity contribution is 6.47. The third-order valence-electron chi connectivity index (χ3n) is 4.82. The molecular formula is C22H14Cl3NO4. The van der Waals surface area contributed by atoms with E-state index >= 15 is 0 Å². The molecular weight excluding hydrogens is 449 g/mol. The lowest BCUT2D eigenvalue weighted by Gasteiger charge is -2.25. The molecule has 0 spiro atoms. The number of nitrogens with zero attached hydrogens (tertiary/aromatic N) is 1. The second-order valence-electron chi connectivity index (χ2n) is 6.68. The van der Waals surface area contributed by atoms with Crippen molar-refractivity contribution in [2.45, 2.75) is 12.6 Å². The smallest absolute Gasteiger partial charge is 0.296 e. The van der Waals surface area contributed by atoms with Crippen LogP contribution in [0, 0.1) is 0 Å². The second kappa shape index (κ2) is 8.19. The van der Waals surface area contributed by atoms with Crippen LogP contribution in [0.2, 0.25) is 15.1 Å². The number of furan rings is 1. The number of carbonyl (C=O) groups is 2. The van der Waals surface area contributed by atoms with Gasteiger partial charge in [-0.2, -0.15) is 0 Å². The standard InChI is InChI=1S/C22H14Cl3NO4/c23-13-5-3-12(4-6-13)20(27)18-19(16-8-7-14(24)10-17(16)25)26(22(29)21(18)28)11-15-2-1-9-30-15/h1-10,19,27H,11H2/t19-/m1/s1. The maximum absolute atomic E-state index is 13.0. The number of benzene rings is 2. The molecule has 1 aliphatic rings. The molecule has 0 saturated carbocycles. The Morgan fingerprint density at radius 3 is 2.33 bits per heavy atom. The first kappa shape index (κ1) is 20.5. The summed E-state index contributed by atoms with van der Waals surface area (Å²) in [5.41, 5.74) is 0.742. The molecule has 1 amide bonds. The molecule has 5 nitrogen and oxygen atoms in total. The van der Waals surface area contributed by atoms with Crippen molar-refractivity contribution in [3.05, 3.63) is 98.4 Å². The molecule has 2 aromatic carbocycles. The fourth-order valence-corrected chi connectivity index (χ4v) is 4.06. The molecule has 4 rings (SSSR count). The van der Waals surface area contributed by atoms with Crippen LogP contribution in [0.15, 0.2) is 70.9 Å². The van der Waals surface area contributed by atoms with Crippen LogP contribution < -0.4 is 0 Å². The minimum Gasteiger partial charge on any atom is -0.507 e. The summed E-state index contributed by atoms with van der Waals surface area (Å²) in [6.45, 7) is 0.0264. The quantitative estimate of drug-likeness (QED) is 0.299. The Morgan fingerprint density at radius 1 is 1.00 bits per heavy atom. The van der Waals surface area contributed by atoms with Gasteiger partial charge in [0.1, 0.15) is 11.5 Å². The molecule has 0 unspecified atom stereocenters. The van der Waals surface area contributed by atoms with E-state index in [1.807, 2.05) is 0 Å². The fourth-order valence-electron chi connectivity index (χ4n) is 3.42. The summed E-state index contributed by atoms with van der Waals surface area (Å²) in [5, 5.41) is 12.1. The van der Waals surface area contributed by atoms with Crippen molar-refractivity contribution >= 4 is 52.3 Å². The van der Waals surface area contributed by atoms with Crippen LogP contribution in [0.5, 0.6) is 0 Å². The fraction of sp³-hybridized carbons (Fsp3) is 0.0909. The number of hydrogen-bond donors (Lipinski definition) is 1. The normalized spacial score (nSPS) is 18.2. The average Bonchev–Trinajstić information content (AvgIpc) is 3.31. The summed E-state index contributed by atoms with van der Waals surface area (Å²) in [4.78, 5) is 27.2. The minimum atomic E-state index is -0.921. The van der Waals surface area contributed by atoms with E-state index < -0.39 is 17.7 Å². The predicted octanol–water partition coefficient (Wildman–Crippen LogP) is 5.86. The average molecular weight is 463 g/mol. The van der Waals surface area contributed by atoms with Gasteiger partial charge in [0.2, 0.25) is 0 Å². The molecule has 0 bridgehead atoms. The molecule has 3 aromatic rings. The number of rotatable bonds is 4. The number of carbonyl (C=O) groups excluding carboxylic acids is 2. The number of Topliss-reactive ketones (excluding diaryl/α,β-unsaturated/α-hetero) is 1. The number of amides is 1. The molecule has 2 heterocycles. The highest BCUT2D eigenvalue weighted by Gasteiger charge is 2.47. The summed E-state index contributed by atoms with van der Waals surface area (Å²) in [5.74, 6) is -1.41. The molecule has 8 heteroatoms. The van der Waals surface area contributed by atoms with E-state index in [-0.39, 0.29) is 22.9 Å². The van der Waals surface area contributed by atoms with Crippen molar-refractivity contribution in [3.8, 4) is 0 Å². The van der Waals surface area contributed by atoms with Crippen molar-refractivity contribution in [1.82, 2.24) is 4.90 Å². The first-order chi connectivity index (χ1) is 14.4. The Hall–Kier alpha value is -2.73. The molecule has 1 aromatic heterocycles. The van der Waals surface area contributed by atoms with Crippen LogP contribution in [-0.2, 0) is 16.1 Å². The zero-order valence-corrected chi connectivity index (χ0v) is 17.6. The number of ketones is 1. The topological polar surface area (TPSA) is 70.8 Å². The number of aliphatic hydroxyl groups excluding tert-OH is 1. The summed E-state index contributed by atoms with van der Waals surface area (Å²) < 4.78 is 5.35. The van der Waals surface area contributed by atoms with Gasteiger partial charge in [0.15, 0.2) is 0 Å². The van der Waals surface area contributed by atoms with Gasteiger partial charge < -0.3 is 14.4 Å². The van der Waals surface area contributed by atoms with E-state index in [9.17, 15) is 14.7 Å². The third kappa shape index (κ3) is 3.72. The number of halogens is 3. The van der Waals surface area contributed by atoms with Gasteiger partial charge in [-0.3, -0.25) is 9.59 Å². The lowest BCUT2D eigenvalue weighted by Crippen LogP contribution is -2.29. The van der Waals surface area contributed by atoms with E-state index in [1.54, 1.807) is 48.5 Å². The number of likely N-dealkylation sites (tertiary alicyclic amines) is 1. The molecule has 0 aliphatic carbocycles. The van der Waals surface area contributed by atoms with Gasteiger partial charge >= 0.3 is 0 Å². The van der Waals surface area contributed by atoms with E-state index in [4.69, 9.17) is 39.2 Å². The first-order valence-corrected chi connectivity index (χ1v) is 10.0. The molecule has 0 radical (unpaired) electrons. The Balaban J connectivity index is 1.90. The summed E-state index contributed by atoms with van der Waals surface area (Å²) in [6, 6.07) is 13.5. The van der Waals surface area contributed by atoms with Gasteiger partial charge in [-0.25, -0.2) is 0 Å². The van der Waals surface area contributed by atoms with Gasteiger partial charge in [-0.05, 0) is 54.1 Å². The Bertz CT molecular complexity index is 1150. The third-order valence-corrected chi connectivity index (χ3v) is 5.64. The lowest BCUT2D eigenvalue weighted by molar-refractivity contribution is -0.140. The Kier molecular flexibility index (Phi) is 5.60. The molecule has 152 valence electrons. The van der Waals surface area contributed by atoms with Crippen LogP contribution in [0.25, 0.3) is 5.76 Å². The predicted molar refractivity (Wildman–Crippen MR) is 114 cm³/mol. The van der Waals surface area contributed by atoms with Gasteiger partial charge in [0, 0.05) is 20.6 Å². The SMILES string of the molecule is O=C1C(=O)N(Cc2ccco2)[C@H](c2ccc(Cl)cc2Cl)C1=C(O)c1ccc(Cl)cc1. The highest BCUT2D eigenvalue weighted by Crippen LogP contribution is 2.43. The molecule has 30 heavy (non-hydrogen) atoms. The maximum atomic E-state index is 13.0. The summed E-state index contributed by atoms with van der Waals surface area (Å²) >= 11 is 18.4. The Morgan fingerprint density at radius 2 is 1.70 bits per heavy atom. The van der Waals surface area contributed by atoms with E-state index in [0.717, 1.165) is 0 Å². The van der Waals surface area contributed by atoms with Crippen LogP contribution in [0.4, 0.5) is 0 Å². The van der Waals surface area contributed by atoms with Crippen molar-refractivity contribution in [3.63, 3.8) is 0 Å². The highest BCUT2D eigenvalue weighted by atomic mass is 35.5. The molecule has 1 fully saturated rings. The second-order valence-corrected chi connectivity index (χ2v) is 7.96. The van der Waals surface area contributed by atoms with E-state index in [1.165, 1.54) is 17.2 Å². The van der Waals surface area contributed by atoms with Gasteiger partial charge in [0.25, 0.3) is 11.7 Å². The van der Waals surface area contributed by atoms with Gasteiger partial charge in [0.05, 0.1) is 24.4 Å². The molecule has 1 atom stereocenters. The summed E-state index contributed by atoms with van der Waals surface area (Å²) in [6.07, 6.45) is 1.48. The minimum absolute atomic E-state index is 0.0264. The first-order valence-electron chi connectivity index (χ1n) is 8.88. The maximum Gasteiger partial charge on any atom is 0.296 e. The van der Waals surface area contributed by atoms with Crippen LogP contribution in [0.1, 0.15) is 22.9 Å². The number of hydrogen-bond acceptors (Lipinski definition) is 4. The van der Waals surface area contributed by atoms with Crippen molar-refractivity contribution in [2.75, 3.05) is 0 Å². The lowest BCUT2D eigenvalue weighted by atomic mass is 9.95. The molecule has 1 aliphatic heterocycles. The van der Waals surface area contributed by atoms with Crippen molar-refractivity contribution < 1.29 is 19.1 Å². The molecule has 1 saturated heterocycles. The van der Waals surface area contributed by atoms with E-state index in [2.05, 4.69) is 0 Å². The summed E-state index contributed by atoms with van der Waals surface area (Å²) in [7, 11) is 0.